The van der Waals surface area contributed by atoms with Gasteiger partial charge in [-0.2, -0.15) is 0 Å². The summed E-state index contributed by atoms with van der Waals surface area (Å²) in [4.78, 5) is 60.1. The zero-order valence-corrected chi connectivity index (χ0v) is 19.1. The van der Waals surface area contributed by atoms with Crippen molar-refractivity contribution in [2.24, 2.45) is 23.3 Å². The first-order valence-corrected chi connectivity index (χ1v) is 10.7. The minimum absolute atomic E-state index is 0.148. The Morgan fingerprint density at radius 3 is 1.78 bits per heavy atom. The Balaban J connectivity index is 5.38. The number of primary amides is 1. The van der Waals surface area contributed by atoms with Crippen LogP contribution in [0.3, 0.4) is 0 Å². The molecule has 0 saturated carbocycles. The molecule has 0 aliphatic rings. The molecule has 32 heavy (non-hydrogen) atoms. The fourth-order valence-corrected chi connectivity index (χ4v) is 2.74. The number of amides is 4. The molecule has 0 bridgehead atoms. The van der Waals surface area contributed by atoms with Crippen LogP contribution in [0, 0.1) is 11.8 Å². The first-order chi connectivity index (χ1) is 14.9. The molecule has 0 aromatic heterocycles. The number of aliphatic hydroxyl groups is 1. The van der Waals surface area contributed by atoms with E-state index in [0.29, 0.717) is 12.8 Å². The monoisotopic (exact) mass is 459 g/mol. The van der Waals surface area contributed by atoms with Gasteiger partial charge in [0.05, 0.1) is 12.6 Å². The molecule has 0 fully saturated rings. The summed E-state index contributed by atoms with van der Waals surface area (Å²) in [6.07, 6.45) is 0.734. The molecule has 6 atom stereocenters. The van der Waals surface area contributed by atoms with E-state index in [1.807, 2.05) is 6.92 Å². The molecular formula is C20H37N5O7. The zero-order valence-electron chi connectivity index (χ0n) is 19.1. The maximum atomic E-state index is 12.7. The molecule has 0 aromatic rings. The molecule has 0 heterocycles. The lowest BCUT2D eigenvalue weighted by Gasteiger charge is -2.26. The SMILES string of the molecule is CCC(C)C(N)C(=O)NC(CCC(N)=O)C(=O)NC(CO)C(=O)NC(C(=O)O)C(C)CC. The molecule has 12 nitrogen and oxygen atoms in total. The normalized spacial score (nSPS) is 16.6. The van der Waals surface area contributed by atoms with Crippen LogP contribution in [0.15, 0.2) is 0 Å². The molecule has 4 amide bonds. The number of hydrogen-bond donors (Lipinski definition) is 7. The van der Waals surface area contributed by atoms with Gasteiger partial charge in [-0.15, -0.1) is 0 Å². The summed E-state index contributed by atoms with van der Waals surface area (Å²) in [5.74, 6) is -4.86. The number of aliphatic carboxylic acids is 1. The van der Waals surface area contributed by atoms with Crippen molar-refractivity contribution in [3.05, 3.63) is 0 Å². The number of carboxylic acid groups (broad SMARTS) is 1. The van der Waals surface area contributed by atoms with E-state index >= 15 is 0 Å². The van der Waals surface area contributed by atoms with E-state index in [2.05, 4.69) is 16.0 Å². The molecule has 0 spiro atoms. The lowest BCUT2D eigenvalue weighted by Crippen LogP contribution is -2.59. The first kappa shape index (κ1) is 29.3. The summed E-state index contributed by atoms with van der Waals surface area (Å²) in [7, 11) is 0. The maximum Gasteiger partial charge on any atom is 0.326 e. The van der Waals surface area contributed by atoms with Crippen LogP contribution in [-0.4, -0.2) is 70.6 Å². The van der Waals surface area contributed by atoms with Gasteiger partial charge in [0.15, 0.2) is 0 Å². The first-order valence-electron chi connectivity index (χ1n) is 10.7. The number of nitrogens with one attached hydrogen (secondary N) is 3. The third-order valence-electron chi connectivity index (χ3n) is 5.46. The van der Waals surface area contributed by atoms with E-state index in [-0.39, 0.29) is 18.8 Å². The van der Waals surface area contributed by atoms with Crippen LogP contribution in [0.1, 0.15) is 53.4 Å². The number of hydrogen-bond acceptors (Lipinski definition) is 7. The van der Waals surface area contributed by atoms with Gasteiger partial charge in [0.2, 0.25) is 23.6 Å². The van der Waals surface area contributed by atoms with Crippen LogP contribution in [0.2, 0.25) is 0 Å². The Bertz CT molecular complexity index is 673. The Morgan fingerprint density at radius 2 is 1.34 bits per heavy atom. The Labute approximate surface area is 187 Å². The lowest BCUT2D eigenvalue weighted by molar-refractivity contribution is -0.144. The molecule has 0 rings (SSSR count). The zero-order chi connectivity index (χ0) is 25.0. The summed E-state index contributed by atoms with van der Waals surface area (Å²) in [5, 5.41) is 25.9. The van der Waals surface area contributed by atoms with Crippen LogP contribution in [0.25, 0.3) is 0 Å². The van der Waals surface area contributed by atoms with Crippen molar-refractivity contribution in [1.29, 1.82) is 0 Å². The molecule has 0 radical (unpaired) electrons. The van der Waals surface area contributed by atoms with E-state index in [1.54, 1.807) is 20.8 Å². The summed E-state index contributed by atoms with van der Waals surface area (Å²) in [6.45, 7) is 6.21. The van der Waals surface area contributed by atoms with Gasteiger partial charge in [0.25, 0.3) is 0 Å². The number of nitrogens with two attached hydrogens (primary N) is 2. The number of rotatable bonds is 15. The maximum absolute atomic E-state index is 12.7. The molecule has 0 aromatic carbocycles. The van der Waals surface area contributed by atoms with Gasteiger partial charge in [-0.1, -0.05) is 40.5 Å². The predicted octanol–water partition coefficient (Wildman–Crippen LogP) is -1.80. The third kappa shape index (κ3) is 9.60. The van der Waals surface area contributed by atoms with Crippen molar-refractivity contribution in [2.75, 3.05) is 6.61 Å². The van der Waals surface area contributed by atoms with Crippen molar-refractivity contribution in [1.82, 2.24) is 16.0 Å². The second-order valence-electron chi connectivity index (χ2n) is 7.93. The van der Waals surface area contributed by atoms with Crippen LogP contribution in [-0.2, 0) is 24.0 Å². The predicted molar refractivity (Wildman–Crippen MR) is 116 cm³/mol. The molecule has 9 N–H and O–H groups in total. The van der Waals surface area contributed by atoms with Gasteiger partial charge in [-0.25, -0.2) is 4.79 Å². The Hall–Kier alpha value is -2.73. The molecule has 0 aliphatic heterocycles. The lowest BCUT2D eigenvalue weighted by atomic mass is 9.98. The number of carbonyl (C=O) groups is 5. The highest BCUT2D eigenvalue weighted by atomic mass is 16.4. The van der Waals surface area contributed by atoms with E-state index in [1.165, 1.54) is 0 Å². The van der Waals surface area contributed by atoms with Gasteiger partial charge in [0.1, 0.15) is 18.1 Å². The van der Waals surface area contributed by atoms with Gasteiger partial charge in [-0.3, -0.25) is 19.2 Å². The van der Waals surface area contributed by atoms with Crippen molar-refractivity contribution >= 4 is 29.6 Å². The second kappa shape index (κ2) is 14.4. The molecule has 6 unspecified atom stereocenters. The summed E-state index contributed by atoms with van der Waals surface area (Å²) in [6, 6.07) is -4.81. The van der Waals surface area contributed by atoms with Gasteiger partial charge in [0, 0.05) is 6.42 Å². The van der Waals surface area contributed by atoms with E-state index in [9.17, 15) is 34.2 Å². The van der Waals surface area contributed by atoms with Gasteiger partial charge < -0.3 is 37.6 Å². The molecule has 0 aliphatic carbocycles. The largest absolute Gasteiger partial charge is 0.480 e. The summed E-state index contributed by atoms with van der Waals surface area (Å²) in [5.41, 5.74) is 11.0. The number of carboxylic acids is 1. The van der Waals surface area contributed by atoms with Crippen molar-refractivity contribution in [3.63, 3.8) is 0 Å². The molecular weight excluding hydrogens is 422 g/mol. The van der Waals surface area contributed by atoms with Crippen molar-refractivity contribution < 1.29 is 34.2 Å². The molecule has 184 valence electrons. The third-order valence-corrected chi connectivity index (χ3v) is 5.46. The summed E-state index contributed by atoms with van der Waals surface area (Å²) >= 11 is 0. The molecule has 12 heteroatoms. The van der Waals surface area contributed by atoms with Gasteiger partial charge >= 0.3 is 5.97 Å². The quantitative estimate of drug-likeness (QED) is 0.148. The summed E-state index contributed by atoms with van der Waals surface area (Å²) < 4.78 is 0. The number of carbonyl (C=O) groups excluding carboxylic acids is 4. The fraction of sp³-hybridized carbons (Fsp3) is 0.750. The average molecular weight is 460 g/mol. The van der Waals surface area contributed by atoms with Crippen LogP contribution in [0.4, 0.5) is 0 Å². The van der Waals surface area contributed by atoms with Crippen LogP contribution >= 0.6 is 0 Å². The smallest absolute Gasteiger partial charge is 0.326 e. The van der Waals surface area contributed by atoms with Crippen LogP contribution < -0.4 is 27.4 Å². The van der Waals surface area contributed by atoms with Crippen molar-refractivity contribution in [3.8, 4) is 0 Å². The molecule has 0 saturated heterocycles. The Morgan fingerprint density at radius 1 is 0.844 bits per heavy atom. The van der Waals surface area contributed by atoms with Crippen molar-refractivity contribution in [2.45, 2.75) is 77.5 Å². The topological polar surface area (TPSA) is 214 Å². The second-order valence-corrected chi connectivity index (χ2v) is 7.93. The number of aliphatic hydroxyl groups excluding tert-OH is 1. The standard InChI is InChI=1S/C20H37N5O7/c1-5-10(3)15(22)19(30)23-12(7-8-14(21)27)17(28)24-13(9-26)18(29)25-16(20(31)32)11(4)6-2/h10-13,15-16,26H,5-9,22H2,1-4H3,(H2,21,27)(H,23,30)(H,24,28)(H,25,29)(H,31,32). The van der Waals surface area contributed by atoms with E-state index in [4.69, 9.17) is 11.5 Å². The highest BCUT2D eigenvalue weighted by Crippen LogP contribution is 2.09. The van der Waals surface area contributed by atoms with Gasteiger partial charge in [-0.05, 0) is 18.3 Å². The van der Waals surface area contributed by atoms with E-state index in [0.717, 1.165) is 0 Å². The minimum Gasteiger partial charge on any atom is -0.480 e. The fourth-order valence-electron chi connectivity index (χ4n) is 2.74. The minimum atomic E-state index is -1.47. The highest BCUT2D eigenvalue weighted by Gasteiger charge is 2.32. The highest BCUT2D eigenvalue weighted by molar-refractivity contribution is 5.94. The van der Waals surface area contributed by atoms with Crippen LogP contribution in [0.5, 0.6) is 0 Å². The average Bonchev–Trinajstić information content (AvgIpc) is 2.75. The van der Waals surface area contributed by atoms with E-state index < -0.39 is 66.3 Å². The Kier molecular flexibility index (Phi) is 13.1.